The van der Waals surface area contributed by atoms with Crippen LogP contribution in [0.25, 0.3) is 0 Å². The Morgan fingerprint density at radius 2 is 2.31 bits per heavy atom. The van der Waals surface area contributed by atoms with Crippen molar-refractivity contribution in [3.8, 4) is 0 Å². The summed E-state index contributed by atoms with van der Waals surface area (Å²) < 4.78 is 0. The Hall–Kier alpha value is -0.540. The minimum atomic E-state index is 0.537. The maximum Gasteiger partial charge on any atom is 0.0579 e. The van der Waals surface area contributed by atoms with Crippen molar-refractivity contribution in [1.82, 2.24) is 4.98 Å². The maximum atomic E-state index is 5.59. The van der Waals surface area contributed by atoms with Crippen molar-refractivity contribution in [3.05, 3.63) is 29.6 Å². The molecule has 13 heavy (non-hydrogen) atoms. The number of rotatable bonds is 4. The zero-order chi connectivity index (χ0) is 9.68. The summed E-state index contributed by atoms with van der Waals surface area (Å²) in [5.41, 5.74) is 7.88. The third-order valence-electron chi connectivity index (χ3n) is 1.75. The molecular weight excluding hydrogens is 180 g/mol. The van der Waals surface area contributed by atoms with E-state index in [9.17, 15) is 0 Å². The summed E-state index contributed by atoms with van der Waals surface area (Å²) >= 11 is 1.92. The number of pyridine rings is 1. The Bertz CT molecular complexity index is 261. The molecule has 0 amide bonds. The molecule has 0 aliphatic heterocycles. The van der Waals surface area contributed by atoms with Crippen molar-refractivity contribution in [2.24, 2.45) is 5.73 Å². The first-order chi connectivity index (χ1) is 6.24. The first kappa shape index (κ1) is 10.5. The molecule has 3 heteroatoms. The van der Waals surface area contributed by atoms with E-state index in [1.54, 1.807) is 6.20 Å². The summed E-state index contributed by atoms with van der Waals surface area (Å²) in [5.74, 6) is 1.01. The van der Waals surface area contributed by atoms with E-state index in [2.05, 4.69) is 24.9 Å². The van der Waals surface area contributed by atoms with Gasteiger partial charge in [-0.25, -0.2) is 0 Å². The molecule has 0 fully saturated rings. The van der Waals surface area contributed by atoms with Gasteiger partial charge >= 0.3 is 0 Å². The minimum absolute atomic E-state index is 0.537. The predicted octanol–water partition coefficient (Wildman–Crippen LogP) is 2.18. The molecule has 0 atom stereocenters. The molecule has 0 spiro atoms. The highest BCUT2D eigenvalue weighted by atomic mass is 32.2. The van der Waals surface area contributed by atoms with Gasteiger partial charge in [-0.3, -0.25) is 4.98 Å². The van der Waals surface area contributed by atoms with Crippen LogP contribution in [0.3, 0.4) is 0 Å². The second-order valence-electron chi connectivity index (χ2n) is 3.17. The van der Waals surface area contributed by atoms with E-state index in [0.717, 1.165) is 11.4 Å². The number of thioether (sulfide) groups is 1. The Labute approximate surface area is 83.9 Å². The molecule has 1 heterocycles. The quantitative estimate of drug-likeness (QED) is 0.802. The molecule has 2 nitrogen and oxygen atoms in total. The summed E-state index contributed by atoms with van der Waals surface area (Å²) in [4.78, 5) is 4.24. The third kappa shape index (κ3) is 3.36. The van der Waals surface area contributed by atoms with Gasteiger partial charge in [0.2, 0.25) is 0 Å². The topological polar surface area (TPSA) is 38.9 Å². The molecule has 0 aliphatic rings. The molecular formula is C10H16N2S. The van der Waals surface area contributed by atoms with Crippen molar-refractivity contribution < 1.29 is 0 Å². The van der Waals surface area contributed by atoms with Crippen LogP contribution < -0.4 is 5.73 Å². The van der Waals surface area contributed by atoms with Crippen LogP contribution in [0.1, 0.15) is 25.1 Å². The number of nitrogens with two attached hydrogens (primary N) is 1. The van der Waals surface area contributed by atoms with Crippen molar-refractivity contribution >= 4 is 11.8 Å². The number of hydrogen-bond donors (Lipinski definition) is 1. The minimum Gasteiger partial charge on any atom is -0.325 e. The number of hydrogen-bond acceptors (Lipinski definition) is 3. The lowest BCUT2D eigenvalue weighted by atomic mass is 10.2. The molecule has 72 valence electrons. The molecule has 0 radical (unpaired) electrons. The third-order valence-corrected chi connectivity index (χ3v) is 2.89. The molecule has 1 aromatic rings. The van der Waals surface area contributed by atoms with Gasteiger partial charge in [-0.15, -0.1) is 0 Å². The van der Waals surface area contributed by atoms with Gasteiger partial charge in [-0.1, -0.05) is 19.9 Å². The predicted molar refractivity (Wildman–Crippen MR) is 58.6 cm³/mol. The van der Waals surface area contributed by atoms with Crippen LogP contribution >= 0.6 is 11.8 Å². The summed E-state index contributed by atoms with van der Waals surface area (Å²) in [6.45, 7) is 4.93. The first-order valence-electron chi connectivity index (χ1n) is 4.48. The maximum absolute atomic E-state index is 5.59. The first-order valence-corrected chi connectivity index (χ1v) is 5.53. The van der Waals surface area contributed by atoms with Crippen LogP contribution in [0.5, 0.6) is 0 Å². The monoisotopic (exact) mass is 196 g/mol. The van der Waals surface area contributed by atoms with E-state index < -0.39 is 0 Å². The lowest BCUT2D eigenvalue weighted by Crippen LogP contribution is -2.03. The summed E-state index contributed by atoms with van der Waals surface area (Å²) in [7, 11) is 0. The number of aromatic nitrogens is 1. The van der Waals surface area contributed by atoms with Gasteiger partial charge in [0.15, 0.2) is 0 Å². The van der Waals surface area contributed by atoms with Gasteiger partial charge in [0.1, 0.15) is 0 Å². The molecule has 1 rings (SSSR count). The highest BCUT2D eigenvalue weighted by Crippen LogP contribution is 2.18. The van der Waals surface area contributed by atoms with Crippen molar-refractivity contribution in [1.29, 1.82) is 0 Å². The summed E-state index contributed by atoms with van der Waals surface area (Å²) in [5, 5.41) is 0.658. The number of nitrogens with zero attached hydrogens (tertiary/aromatic N) is 1. The summed E-state index contributed by atoms with van der Waals surface area (Å²) in [6.07, 6.45) is 1.80. The van der Waals surface area contributed by atoms with E-state index >= 15 is 0 Å². The van der Waals surface area contributed by atoms with E-state index in [1.165, 1.54) is 5.56 Å². The van der Waals surface area contributed by atoms with E-state index in [4.69, 9.17) is 5.73 Å². The van der Waals surface area contributed by atoms with Gasteiger partial charge in [-0.2, -0.15) is 11.8 Å². The van der Waals surface area contributed by atoms with Crippen LogP contribution in [0.2, 0.25) is 0 Å². The highest BCUT2D eigenvalue weighted by Gasteiger charge is 2.02. The smallest absolute Gasteiger partial charge is 0.0579 e. The fraction of sp³-hybridized carbons (Fsp3) is 0.500. The molecule has 2 N–H and O–H groups in total. The van der Waals surface area contributed by atoms with Crippen LogP contribution in [0.15, 0.2) is 18.3 Å². The van der Waals surface area contributed by atoms with E-state index in [0.29, 0.717) is 11.8 Å². The molecule has 0 aliphatic carbocycles. The molecule has 1 aromatic heterocycles. The normalized spacial score (nSPS) is 10.8. The lowest BCUT2D eigenvalue weighted by Gasteiger charge is -2.07. The lowest BCUT2D eigenvalue weighted by molar-refractivity contribution is 0.963. The summed E-state index contributed by atoms with van der Waals surface area (Å²) in [6, 6.07) is 4.07. The molecule has 0 unspecified atom stereocenters. The Balaban J connectivity index is 2.64. The van der Waals surface area contributed by atoms with E-state index in [-0.39, 0.29) is 0 Å². The van der Waals surface area contributed by atoms with Gasteiger partial charge < -0.3 is 5.73 Å². The van der Waals surface area contributed by atoms with Gasteiger partial charge in [0.05, 0.1) is 5.69 Å². The Kier molecular flexibility index (Phi) is 4.25. The molecule has 0 saturated heterocycles. The Morgan fingerprint density at radius 1 is 1.54 bits per heavy atom. The zero-order valence-electron chi connectivity index (χ0n) is 8.16. The second kappa shape index (κ2) is 5.25. The van der Waals surface area contributed by atoms with Crippen LogP contribution in [-0.2, 0) is 12.3 Å². The largest absolute Gasteiger partial charge is 0.325 e. The average molecular weight is 196 g/mol. The average Bonchev–Trinajstić information content (AvgIpc) is 2.15. The van der Waals surface area contributed by atoms with Crippen LogP contribution in [0.4, 0.5) is 0 Å². The zero-order valence-corrected chi connectivity index (χ0v) is 8.97. The van der Waals surface area contributed by atoms with Crippen LogP contribution in [0, 0.1) is 0 Å². The van der Waals surface area contributed by atoms with E-state index in [1.807, 2.05) is 17.8 Å². The fourth-order valence-electron chi connectivity index (χ4n) is 1.04. The fourth-order valence-corrected chi connectivity index (χ4v) is 1.82. The van der Waals surface area contributed by atoms with Crippen molar-refractivity contribution in [2.75, 3.05) is 0 Å². The van der Waals surface area contributed by atoms with Crippen molar-refractivity contribution in [3.63, 3.8) is 0 Å². The molecule has 0 saturated carbocycles. The highest BCUT2D eigenvalue weighted by molar-refractivity contribution is 7.99. The standard InChI is InChI=1S/C10H16N2S/c1-8(2)13-7-9-4-3-5-12-10(9)6-11/h3-5,8H,6-7,11H2,1-2H3. The molecule has 0 bridgehead atoms. The van der Waals surface area contributed by atoms with Crippen molar-refractivity contribution in [2.45, 2.75) is 31.4 Å². The molecule has 0 aromatic carbocycles. The second-order valence-corrected chi connectivity index (χ2v) is 4.74. The van der Waals surface area contributed by atoms with Gasteiger partial charge in [-0.05, 0) is 16.9 Å². The van der Waals surface area contributed by atoms with Gasteiger partial charge in [0, 0.05) is 18.5 Å². The van der Waals surface area contributed by atoms with Crippen LogP contribution in [-0.4, -0.2) is 10.2 Å². The SMILES string of the molecule is CC(C)SCc1cccnc1CN. The Morgan fingerprint density at radius 3 is 2.92 bits per heavy atom. The van der Waals surface area contributed by atoms with Gasteiger partial charge in [0.25, 0.3) is 0 Å².